The van der Waals surface area contributed by atoms with Crippen LogP contribution in [0.5, 0.6) is 0 Å². The zero-order valence-electron chi connectivity index (χ0n) is 19.2. The molecule has 3 aromatic rings. The van der Waals surface area contributed by atoms with Crippen molar-refractivity contribution < 1.29 is 9.59 Å². The van der Waals surface area contributed by atoms with Crippen LogP contribution in [-0.4, -0.2) is 45.9 Å². The second-order valence-electron chi connectivity index (χ2n) is 8.64. The van der Waals surface area contributed by atoms with E-state index in [9.17, 15) is 14.4 Å². The summed E-state index contributed by atoms with van der Waals surface area (Å²) in [4.78, 5) is 48.1. The minimum Gasteiger partial charge on any atom is -0.338 e. The van der Waals surface area contributed by atoms with E-state index in [4.69, 9.17) is 11.6 Å². The summed E-state index contributed by atoms with van der Waals surface area (Å²) in [5.74, 6) is -0.309. The molecule has 0 aliphatic carbocycles. The predicted molar refractivity (Wildman–Crippen MR) is 133 cm³/mol. The third-order valence-corrected chi connectivity index (χ3v) is 7.80. The number of halogens is 1. The number of thiophene rings is 1. The van der Waals surface area contributed by atoms with Crippen LogP contribution in [0.3, 0.4) is 0 Å². The van der Waals surface area contributed by atoms with Crippen molar-refractivity contribution in [3.05, 3.63) is 55.9 Å². The third-order valence-electron chi connectivity index (χ3n) is 6.38. The smallest absolute Gasteiger partial charge is 0.268 e. The molecule has 174 valence electrons. The highest BCUT2D eigenvalue weighted by molar-refractivity contribution is 7.20. The highest BCUT2D eigenvalue weighted by Gasteiger charge is 2.26. The van der Waals surface area contributed by atoms with Gasteiger partial charge in [0, 0.05) is 30.3 Å². The number of rotatable bonds is 4. The van der Waals surface area contributed by atoms with Gasteiger partial charge in [-0.25, -0.2) is 4.98 Å². The van der Waals surface area contributed by atoms with Gasteiger partial charge in [-0.15, -0.1) is 11.3 Å². The van der Waals surface area contributed by atoms with Crippen LogP contribution in [0.15, 0.2) is 29.3 Å². The van der Waals surface area contributed by atoms with E-state index in [-0.39, 0.29) is 30.0 Å². The number of anilines is 1. The molecule has 4 rings (SSSR count). The van der Waals surface area contributed by atoms with Crippen molar-refractivity contribution in [2.75, 3.05) is 18.5 Å². The number of piperidine rings is 1. The van der Waals surface area contributed by atoms with E-state index >= 15 is 0 Å². The lowest BCUT2D eigenvalue weighted by Gasteiger charge is -2.33. The lowest BCUT2D eigenvalue weighted by atomic mass is 10.0. The van der Waals surface area contributed by atoms with Gasteiger partial charge in [0.25, 0.3) is 11.5 Å². The van der Waals surface area contributed by atoms with Crippen LogP contribution in [0.25, 0.3) is 10.2 Å². The fraction of sp³-hybridized carbons (Fsp3) is 0.417. The van der Waals surface area contributed by atoms with E-state index in [0.29, 0.717) is 31.4 Å². The Balaban J connectivity index is 1.66. The van der Waals surface area contributed by atoms with Gasteiger partial charge in [0.05, 0.1) is 16.6 Å². The summed E-state index contributed by atoms with van der Waals surface area (Å²) in [6.07, 6.45) is 4.49. The van der Waals surface area contributed by atoms with E-state index < -0.39 is 0 Å². The predicted octanol–water partition coefficient (Wildman–Crippen LogP) is 4.41. The molecule has 1 fully saturated rings. The largest absolute Gasteiger partial charge is 0.338 e. The molecule has 1 aromatic carbocycles. The van der Waals surface area contributed by atoms with Gasteiger partial charge >= 0.3 is 0 Å². The Kier molecular flexibility index (Phi) is 6.59. The maximum absolute atomic E-state index is 13.3. The summed E-state index contributed by atoms with van der Waals surface area (Å²) in [5.41, 5.74) is 1.90. The number of fused-ring (bicyclic) bond motifs is 1. The van der Waals surface area contributed by atoms with Gasteiger partial charge in [-0.2, -0.15) is 0 Å². The SMILES string of the molecule is Cc1ccc(Cl)cc1N(C)C(=O)c1sc2ncn(CC(=O)N3CCCC[C@H]3C)c(=O)c2c1C. The Hall–Kier alpha value is -2.71. The number of likely N-dealkylation sites (tertiary alicyclic amines) is 1. The van der Waals surface area contributed by atoms with Crippen LogP contribution in [0, 0.1) is 13.8 Å². The lowest BCUT2D eigenvalue weighted by molar-refractivity contribution is -0.135. The van der Waals surface area contributed by atoms with E-state index in [0.717, 1.165) is 31.4 Å². The topological polar surface area (TPSA) is 75.5 Å². The van der Waals surface area contributed by atoms with Crippen LogP contribution < -0.4 is 10.5 Å². The van der Waals surface area contributed by atoms with Crippen molar-refractivity contribution in [1.82, 2.24) is 14.5 Å². The first-order valence-corrected chi connectivity index (χ1v) is 12.2. The Morgan fingerprint density at radius 2 is 2.03 bits per heavy atom. The lowest BCUT2D eigenvalue weighted by Crippen LogP contribution is -2.44. The van der Waals surface area contributed by atoms with Gasteiger partial charge < -0.3 is 9.80 Å². The fourth-order valence-electron chi connectivity index (χ4n) is 4.39. The molecule has 1 aliphatic rings. The fourth-order valence-corrected chi connectivity index (χ4v) is 5.67. The molecule has 1 saturated heterocycles. The number of carbonyl (C=O) groups is 2. The highest BCUT2D eigenvalue weighted by atomic mass is 35.5. The number of amides is 2. The average molecular weight is 487 g/mol. The summed E-state index contributed by atoms with van der Waals surface area (Å²) in [7, 11) is 1.69. The number of hydrogen-bond acceptors (Lipinski definition) is 5. The zero-order valence-corrected chi connectivity index (χ0v) is 20.8. The third kappa shape index (κ3) is 4.42. The molecule has 0 N–H and O–H groups in total. The molecule has 0 radical (unpaired) electrons. The van der Waals surface area contributed by atoms with Crippen LogP contribution in [0.1, 0.15) is 47.0 Å². The second-order valence-corrected chi connectivity index (χ2v) is 10.1. The van der Waals surface area contributed by atoms with Gasteiger partial charge in [0.1, 0.15) is 11.4 Å². The van der Waals surface area contributed by atoms with Gasteiger partial charge in [-0.1, -0.05) is 17.7 Å². The Morgan fingerprint density at radius 3 is 2.76 bits per heavy atom. The van der Waals surface area contributed by atoms with E-state index in [1.54, 1.807) is 31.0 Å². The van der Waals surface area contributed by atoms with Crippen molar-refractivity contribution in [1.29, 1.82) is 0 Å². The summed E-state index contributed by atoms with van der Waals surface area (Å²) in [6, 6.07) is 5.56. The Morgan fingerprint density at radius 1 is 1.27 bits per heavy atom. The average Bonchev–Trinajstić information content (AvgIpc) is 3.13. The number of hydrogen-bond donors (Lipinski definition) is 0. The first-order valence-electron chi connectivity index (χ1n) is 11.0. The van der Waals surface area contributed by atoms with Gasteiger partial charge in [-0.05, 0) is 63.3 Å². The number of carbonyl (C=O) groups excluding carboxylic acids is 2. The van der Waals surface area contributed by atoms with Crippen molar-refractivity contribution >= 4 is 50.7 Å². The first kappa shape index (κ1) is 23.4. The van der Waals surface area contributed by atoms with Crippen LogP contribution in [-0.2, 0) is 11.3 Å². The normalized spacial score (nSPS) is 16.3. The summed E-state index contributed by atoms with van der Waals surface area (Å²) < 4.78 is 1.35. The molecule has 2 amide bonds. The van der Waals surface area contributed by atoms with E-state index in [2.05, 4.69) is 4.98 Å². The number of nitrogens with zero attached hydrogens (tertiary/aromatic N) is 4. The van der Waals surface area contributed by atoms with Crippen LogP contribution in [0.4, 0.5) is 5.69 Å². The number of aromatic nitrogens is 2. The zero-order chi connectivity index (χ0) is 23.9. The van der Waals surface area contributed by atoms with Crippen LogP contribution in [0.2, 0.25) is 5.02 Å². The molecular weight excluding hydrogens is 460 g/mol. The maximum Gasteiger partial charge on any atom is 0.268 e. The summed E-state index contributed by atoms with van der Waals surface area (Å²) in [5, 5.41) is 0.933. The standard InChI is InChI=1S/C24H27ClN4O3S/c1-14-8-9-17(25)11-18(14)27(4)24(32)21-16(3)20-22(33-21)26-13-28(23(20)31)12-19(30)29-10-6-5-7-15(29)2/h8-9,11,13,15H,5-7,10,12H2,1-4H3/t15-/m1/s1. The van der Waals surface area contributed by atoms with Crippen LogP contribution >= 0.6 is 22.9 Å². The molecule has 1 atom stereocenters. The molecule has 0 bridgehead atoms. The first-order chi connectivity index (χ1) is 15.7. The van der Waals surface area contributed by atoms with Crippen molar-refractivity contribution in [3.63, 3.8) is 0 Å². The molecule has 0 spiro atoms. The van der Waals surface area contributed by atoms with Crippen molar-refractivity contribution in [2.45, 2.75) is 52.6 Å². The molecule has 7 nitrogen and oxygen atoms in total. The van der Waals surface area contributed by atoms with Gasteiger partial charge in [0.15, 0.2) is 0 Å². The minimum absolute atomic E-state index is 0.0493. The second kappa shape index (κ2) is 9.27. The molecule has 3 heterocycles. The van der Waals surface area contributed by atoms with Gasteiger partial charge in [0.2, 0.25) is 5.91 Å². The quantitative estimate of drug-likeness (QED) is 0.547. The molecule has 0 unspecified atom stereocenters. The molecular formula is C24H27ClN4O3S. The van der Waals surface area contributed by atoms with Gasteiger partial charge in [-0.3, -0.25) is 19.0 Å². The summed E-state index contributed by atoms with van der Waals surface area (Å²) in [6.45, 7) is 6.38. The van der Waals surface area contributed by atoms with E-state index in [1.807, 2.05) is 24.8 Å². The Labute approximate surface area is 201 Å². The molecule has 2 aromatic heterocycles. The monoisotopic (exact) mass is 486 g/mol. The molecule has 1 aliphatic heterocycles. The molecule has 33 heavy (non-hydrogen) atoms. The van der Waals surface area contributed by atoms with E-state index in [1.165, 1.54) is 22.2 Å². The number of aryl methyl sites for hydroxylation is 2. The van der Waals surface area contributed by atoms with Crippen molar-refractivity contribution in [3.8, 4) is 0 Å². The minimum atomic E-state index is -0.299. The van der Waals surface area contributed by atoms with Crippen molar-refractivity contribution in [2.24, 2.45) is 0 Å². The summed E-state index contributed by atoms with van der Waals surface area (Å²) >= 11 is 7.32. The Bertz CT molecular complexity index is 1300. The highest BCUT2D eigenvalue weighted by Crippen LogP contribution is 2.31. The molecule has 9 heteroatoms. The molecule has 0 saturated carbocycles. The number of benzene rings is 1. The maximum atomic E-state index is 13.3.